The molecule has 1 aromatic carbocycles. The summed E-state index contributed by atoms with van der Waals surface area (Å²) in [4.78, 5) is 31.3. The van der Waals surface area contributed by atoms with E-state index in [1.54, 1.807) is 24.4 Å². The average molecular weight is 340 g/mol. The fourth-order valence-corrected chi connectivity index (χ4v) is 3.43. The van der Waals surface area contributed by atoms with Crippen molar-refractivity contribution in [2.75, 3.05) is 18.4 Å². The fraction of sp³-hybridized carbons (Fsp3) is 0.353. The number of hydrogen-bond acceptors (Lipinski definition) is 4. The number of imidazole rings is 1. The van der Waals surface area contributed by atoms with E-state index in [4.69, 9.17) is 0 Å². The van der Waals surface area contributed by atoms with E-state index in [1.807, 2.05) is 16.9 Å². The highest BCUT2D eigenvalue weighted by molar-refractivity contribution is 5.94. The molecule has 0 saturated carbocycles. The highest BCUT2D eigenvalue weighted by Crippen LogP contribution is 2.19. The van der Waals surface area contributed by atoms with E-state index in [9.17, 15) is 9.59 Å². The van der Waals surface area contributed by atoms with Gasteiger partial charge in [-0.1, -0.05) is 0 Å². The summed E-state index contributed by atoms with van der Waals surface area (Å²) >= 11 is 0. The minimum Gasteiger partial charge on any atom is -0.325 e. The molecule has 25 heavy (non-hydrogen) atoms. The van der Waals surface area contributed by atoms with Gasteiger partial charge in [-0.3, -0.25) is 14.4 Å². The molecule has 0 unspecified atom stereocenters. The number of nitrogens with one attached hydrogen (secondary N) is 3. The van der Waals surface area contributed by atoms with E-state index in [-0.39, 0.29) is 11.6 Å². The molecule has 1 atom stereocenters. The Balaban J connectivity index is 1.39. The standard InChI is InChI=1S/C17H20N6O2/c24-16(19-12-4-5-14-15(9-12)21-17(25)20-14)11-22-7-1-3-13(22)10-23-8-2-6-18-23/h2,4-6,8-9,13H,1,3,7,10-11H2,(H,19,24)(H2,20,21,25)/t13-/m1/s1. The van der Waals surface area contributed by atoms with Crippen LogP contribution in [-0.2, 0) is 11.3 Å². The summed E-state index contributed by atoms with van der Waals surface area (Å²) in [5, 5.41) is 7.16. The van der Waals surface area contributed by atoms with Crippen LogP contribution in [0.25, 0.3) is 11.0 Å². The Labute approximate surface area is 143 Å². The first kappa shape index (κ1) is 15.6. The minimum atomic E-state index is -0.253. The Morgan fingerprint density at radius 1 is 1.32 bits per heavy atom. The Bertz CT molecular complexity index is 926. The third-order valence-electron chi connectivity index (χ3n) is 4.60. The number of hydrogen-bond donors (Lipinski definition) is 3. The van der Waals surface area contributed by atoms with Crippen LogP contribution in [0.2, 0.25) is 0 Å². The largest absolute Gasteiger partial charge is 0.325 e. The zero-order chi connectivity index (χ0) is 17.2. The van der Waals surface area contributed by atoms with Gasteiger partial charge in [-0.2, -0.15) is 5.10 Å². The normalized spacial score (nSPS) is 18.0. The van der Waals surface area contributed by atoms with E-state index < -0.39 is 0 Å². The maximum atomic E-state index is 12.4. The molecular formula is C17H20N6O2. The summed E-state index contributed by atoms with van der Waals surface area (Å²) in [6.45, 7) is 2.08. The molecule has 3 aromatic rings. The van der Waals surface area contributed by atoms with Crippen molar-refractivity contribution >= 4 is 22.6 Å². The predicted molar refractivity (Wildman–Crippen MR) is 94.4 cm³/mol. The highest BCUT2D eigenvalue weighted by atomic mass is 16.2. The number of carbonyl (C=O) groups excluding carboxylic acids is 1. The van der Waals surface area contributed by atoms with Gasteiger partial charge in [-0.15, -0.1) is 0 Å². The number of aromatic nitrogens is 4. The van der Waals surface area contributed by atoms with Gasteiger partial charge in [0.1, 0.15) is 0 Å². The van der Waals surface area contributed by atoms with Crippen LogP contribution < -0.4 is 11.0 Å². The number of nitrogens with zero attached hydrogens (tertiary/aromatic N) is 3. The number of carbonyl (C=O) groups is 1. The highest BCUT2D eigenvalue weighted by Gasteiger charge is 2.26. The third-order valence-corrected chi connectivity index (χ3v) is 4.60. The molecular weight excluding hydrogens is 320 g/mol. The molecule has 2 aromatic heterocycles. The molecule has 3 heterocycles. The fourth-order valence-electron chi connectivity index (χ4n) is 3.43. The van der Waals surface area contributed by atoms with E-state index in [0.717, 1.165) is 31.4 Å². The number of amides is 1. The van der Waals surface area contributed by atoms with Crippen LogP contribution in [0.1, 0.15) is 12.8 Å². The molecule has 1 fully saturated rings. The second-order valence-corrected chi connectivity index (χ2v) is 6.38. The lowest BCUT2D eigenvalue weighted by molar-refractivity contribution is -0.117. The summed E-state index contributed by atoms with van der Waals surface area (Å²) in [5.74, 6) is -0.0513. The van der Waals surface area contributed by atoms with Crippen LogP contribution in [0, 0.1) is 0 Å². The Morgan fingerprint density at radius 3 is 3.04 bits per heavy atom. The first-order valence-electron chi connectivity index (χ1n) is 8.41. The van der Waals surface area contributed by atoms with Crippen molar-refractivity contribution in [2.45, 2.75) is 25.4 Å². The maximum Gasteiger partial charge on any atom is 0.323 e. The number of anilines is 1. The Morgan fingerprint density at radius 2 is 2.20 bits per heavy atom. The van der Waals surface area contributed by atoms with Crippen LogP contribution in [0.4, 0.5) is 5.69 Å². The number of fused-ring (bicyclic) bond motifs is 1. The molecule has 8 nitrogen and oxygen atoms in total. The molecule has 8 heteroatoms. The number of likely N-dealkylation sites (tertiary alicyclic amines) is 1. The van der Waals surface area contributed by atoms with Crippen molar-refractivity contribution in [1.29, 1.82) is 0 Å². The summed E-state index contributed by atoms with van der Waals surface area (Å²) < 4.78 is 1.91. The predicted octanol–water partition coefficient (Wildman–Crippen LogP) is 1.16. The quantitative estimate of drug-likeness (QED) is 0.649. The molecule has 0 radical (unpaired) electrons. The molecule has 1 aliphatic heterocycles. The van der Waals surface area contributed by atoms with Gasteiger partial charge < -0.3 is 15.3 Å². The first-order valence-corrected chi connectivity index (χ1v) is 8.41. The van der Waals surface area contributed by atoms with Gasteiger partial charge in [0.2, 0.25) is 5.91 Å². The monoisotopic (exact) mass is 340 g/mol. The number of rotatable bonds is 5. The molecule has 0 spiro atoms. The minimum absolute atomic E-state index is 0.0513. The average Bonchev–Trinajstić information content (AvgIpc) is 3.29. The summed E-state index contributed by atoms with van der Waals surface area (Å²) in [7, 11) is 0. The van der Waals surface area contributed by atoms with Gasteiger partial charge >= 0.3 is 5.69 Å². The zero-order valence-electron chi connectivity index (χ0n) is 13.7. The van der Waals surface area contributed by atoms with Gasteiger partial charge in [0.15, 0.2) is 0 Å². The van der Waals surface area contributed by atoms with E-state index in [0.29, 0.717) is 23.8 Å². The molecule has 1 saturated heterocycles. The number of benzene rings is 1. The smallest absolute Gasteiger partial charge is 0.323 e. The lowest BCUT2D eigenvalue weighted by Gasteiger charge is -2.23. The van der Waals surface area contributed by atoms with Crippen LogP contribution >= 0.6 is 0 Å². The van der Waals surface area contributed by atoms with Crippen molar-refractivity contribution in [2.24, 2.45) is 0 Å². The topological polar surface area (TPSA) is 98.8 Å². The molecule has 4 rings (SSSR count). The van der Waals surface area contributed by atoms with Crippen LogP contribution in [0.3, 0.4) is 0 Å². The van der Waals surface area contributed by atoms with Crippen molar-refractivity contribution in [3.63, 3.8) is 0 Å². The molecule has 130 valence electrons. The zero-order valence-corrected chi connectivity index (χ0v) is 13.7. The van der Waals surface area contributed by atoms with Crippen LogP contribution in [0.5, 0.6) is 0 Å². The van der Waals surface area contributed by atoms with Gasteiger partial charge in [0, 0.05) is 24.1 Å². The van der Waals surface area contributed by atoms with Gasteiger partial charge in [0.25, 0.3) is 0 Å². The molecule has 1 amide bonds. The summed E-state index contributed by atoms with van der Waals surface area (Å²) in [5.41, 5.74) is 1.83. The molecule has 0 bridgehead atoms. The number of H-pyrrole nitrogens is 2. The van der Waals surface area contributed by atoms with E-state index >= 15 is 0 Å². The van der Waals surface area contributed by atoms with Crippen molar-refractivity contribution in [3.05, 3.63) is 47.1 Å². The second-order valence-electron chi connectivity index (χ2n) is 6.38. The van der Waals surface area contributed by atoms with Crippen molar-refractivity contribution in [1.82, 2.24) is 24.6 Å². The van der Waals surface area contributed by atoms with Gasteiger partial charge in [-0.05, 0) is 43.7 Å². The Hall–Kier alpha value is -2.87. The van der Waals surface area contributed by atoms with Crippen molar-refractivity contribution < 1.29 is 4.79 Å². The van der Waals surface area contributed by atoms with E-state index in [2.05, 4.69) is 25.3 Å². The van der Waals surface area contributed by atoms with Gasteiger partial charge in [-0.25, -0.2) is 4.79 Å². The summed E-state index contributed by atoms with van der Waals surface area (Å²) in [6, 6.07) is 7.56. The first-order chi connectivity index (χ1) is 12.2. The van der Waals surface area contributed by atoms with Crippen LogP contribution in [0.15, 0.2) is 41.5 Å². The summed E-state index contributed by atoms with van der Waals surface area (Å²) in [6.07, 6.45) is 5.89. The molecule has 3 N–H and O–H groups in total. The van der Waals surface area contributed by atoms with Crippen molar-refractivity contribution in [3.8, 4) is 0 Å². The second kappa shape index (κ2) is 6.56. The third kappa shape index (κ3) is 3.48. The SMILES string of the molecule is O=C(CN1CCC[C@@H]1Cn1cccn1)Nc1ccc2[nH]c(=O)[nH]c2c1. The van der Waals surface area contributed by atoms with E-state index in [1.165, 1.54) is 0 Å². The lowest BCUT2D eigenvalue weighted by Crippen LogP contribution is -2.39. The molecule has 0 aliphatic carbocycles. The lowest BCUT2D eigenvalue weighted by atomic mass is 10.2. The molecule has 1 aliphatic rings. The van der Waals surface area contributed by atoms with Gasteiger partial charge in [0.05, 0.1) is 24.1 Å². The maximum absolute atomic E-state index is 12.4. The van der Waals surface area contributed by atoms with Crippen LogP contribution in [-0.4, -0.2) is 49.7 Å². The number of aromatic amines is 2. The Kier molecular flexibility index (Phi) is 4.10.